The summed E-state index contributed by atoms with van der Waals surface area (Å²) in [6.07, 6.45) is 6.23. The third kappa shape index (κ3) is 3.50. The molecule has 0 heterocycles. The van der Waals surface area contributed by atoms with E-state index in [4.69, 9.17) is 9.47 Å². The average Bonchev–Trinajstić information content (AvgIpc) is 2.54. The summed E-state index contributed by atoms with van der Waals surface area (Å²) in [6.45, 7) is 0. The van der Waals surface area contributed by atoms with Crippen molar-refractivity contribution in [2.45, 2.75) is 38.1 Å². The van der Waals surface area contributed by atoms with Crippen molar-refractivity contribution in [3.63, 3.8) is 0 Å². The maximum absolute atomic E-state index is 12.3. The van der Waals surface area contributed by atoms with Crippen LogP contribution in [0.4, 0.5) is 0 Å². The second kappa shape index (κ2) is 7.15. The number of nitrogens with zero attached hydrogens (tertiary/aromatic N) is 1. The molecule has 0 unspecified atom stereocenters. The molecule has 0 radical (unpaired) electrons. The first-order valence-electron chi connectivity index (χ1n) is 7.36. The lowest BCUT2D eigenvalue weighted by Crippen LogP contribution is -2.25. The molecule has 22 heavy (non-hydrogen) atoms. The highest BCUT2D eigenvalue weighted by atomic mass is 16.5. The number of carboxylic acid groups (broad SMARTS) is 1. The topological polar surface area (TPSA) is 81.8 Å². The number of hydrogen-bond acceptors (Lipinski definition) is 4. The summed E-state index contributed by atoms with van der Waals surface area (Å²) in [5.74, 6) is -0.511. The average molecular weight is 307 g/mol. The monoisotopic (exact) mass is 307 g/mol. The van der Waals surface area contributed by atoms with E-state index in [-0.39, 0.29) is 17.4 Å². The van der Waals surface area contributed by atoms with Crippen molar-refractivity contribution in [1.29, 1.82) is 0 Å². The van der Waals surface area contributed by atoms with Crippen LogP contribution in [0.5, 0.6) is 11.5 Å². The molecule has 1 aromatic rings. The Bertz CT molecular complexity index is 576. The zero-order valence-electron chi connectivity index (χ0n) is 12.9. The van der Waals surface area contributed by atoms with Crippen LogP contribution < -0.4 is 9.47 Å². The molecule has 6 nitrogen and oxygen atoms in total. The van der Waals surface area contributed by atoms with Crippen molar-refractivity contribution in [2.24, 2.45) is 0 Å². The molecule has 1 N–H and O–H groups in total. The molecule has 1 fully saturated rings. The number of hydrogen-bond donors (Lipinski definition) is 1. The number of benzene rings is 1. The summed E-state index contributed by atoms with van der Waals surface area (Å²) in [6, 6.07) is 2.95. The largest absolute Gasteiger partial charge is 0.624 e. The number of hydroxylamine groups is 1. The Morgan fingerprint density at radius 2 is 1.95 bits per heavy atom. The molecule has 2 rings (SSSR count). The summed E-state index contributed by atoms with van der Waals surface area (Å²) in [7, 11) is 2.87. The minimum absolute atomic E-state index is 0.0278. The van der Waals surface area contributed by atoms with E-state index in [1.807, 2.05) is 0 Å². The molecular weight excluding hydrogens is 286 g/mol. The summed E-state index contributed by atoms with van der Waals surface area (Å²) < 4.78 is 11.1. The molecule has 0 bridgehead atoms. The molecule has 1 saturated carbocycles. The van der Waals surface area contributed by atoms with Gasteiger partial charge in [0.2, 0.25) is 0 Å². The van der Waals surface area contributed by atoms with E-state index < -0.39 is 5.97 Å². The van der Waals surface area contributed by atoms with Gasteiger partial charge in [-0.15, -0.1) is 0 Å². The summed E-state index contributed by atoms with van der Waals surface area (Å²) in [5, 5.41) is 21.7. The third-order valence-electron chi connectivity index (χ3n) is 3.98. The Morgan fingerprint density at radius 1 is 1.27 bits per heavy atom. The van der Waals surface area contributed by atoms with Gasteiger partial charge in [0.1, 0.15) is 17.1 Å². The van der Waals surface area contributed by atoms with Crippen molar-refractivity contribution in [3.05, 3.63) is 28.5 Å². The van der Waals surface area contributed by atoms with E-state index in [1.165, 1.54) is 26.5 Å². The van der Waals surface area contributed by atoms with Crippen LogP contribution >= 0.6 is 0 Å². The molecule has 0 atom stereocenters. The smallest absolute Gasteiger partial charge is 0.340 e. The summed E-state index contributed by atoms with van der Waals surface area (Å²) in [5.41, 5.74) is 0.268. The van der Waals surface area contributed by atoms with Gasteiger partial charge in [0.25, 0.3) is 0 Å². The molecule has 0 saturated heterocycles. The van der Waals surface area contributed by atoms with Crippen molar-refractivity contribution in [1.82, 2.24) is 0 Å². The number of carboxylic acids is 1. The quantitative estimate of drug-likeness (QED) is 0.391. The van der Waals surface area contributed by atoms with Crippen LogP contribution in [0.2, 0.25) is 0 Å². The van der Waals surface area contributed by atoms with Crippen LogP contribution in [-0.2, 0) is 0 Å². The minimum Gasteiger partial charge on any atom is -0.624 e. The fourth-order valence-corrected chi connectivity index (χ4v) is 2.80. The van der Waals surface area contributed by atoms with Crippen molar-refractivity contribution < 1.29 is 24.1 Å². The lowest BCUT2D eigenvalue weighted by atomic mass is 9.95. The highest BCUT2D eigenvalue weighted by molar-refractivity contribution is 6.00. The second-order valence-corrected chi connectivity index (χ2v) is 5.38. The maximum Gasteiger partial charge on any atom is 0.340 e. The molecule has 0 aromatic heterocycles. The highest BCUT2D eigenvalue weighted by Gasteiger charge is 2.23. The SMILES string of the molecule is COc1cc(C=[N+]([O-])C2CCCCC2)c(C(=O)O)c(OC)c1. The normalized spacial score (nSPS) is 16.4. The van der Waals surface area contributed by atoms with Crippen LogP contribution in [0.1, 0.15) is 48.0 Å². The lowest BCUT2D eigenvalue weighted by Gasteiger charge is -2.21. The van der Waals surface area contributed by atoms with Gasteiger partial charge >= 0.3 is 5.97 Å². The van der Waals surface area contributed by atoms with Gasteiger partial charge < -0.3 is 19.8 Å². The van der Waals surface area contributed by atoms with Gasteiger partial charge in [-0.25, -0.2) is 9.53 Å². The van der Waals surface area contributed by atoms with Crippen molar-refractivity contribution in [3.8, 4) is 11.5 Å². The second-order valence-electron chi connectivity index (χ2n) is 5.38. The number of ether oxygens (including phenoxy) is 2. The van der Waals surface area contributed by atoms with E-state index in [2.05, 4.69) is 0 Å². The number of rotatable bonds is 5. The van der Waals surface area contributed by atoms with Gasteiger partial charge in [-0.05, 0) is 18.9 Å². The molecule has 1 aromatic carbocycles. The first-order chi connectivity index (χ1) is 10.6. The molecule has 120 valence electrons. The van der Waals surface area contributed by atoms with E-state index >= 15 is 0 Å². The van der Waals surface area contributed by atoms with Crippen LogP contribution in [0.3, 0.4) is 0 Å². The lowest BCUT2D eigenvalue weighted by molar-refractivity contribution is -0.500. The Morgan fingerprint density at radius 3 is 2.50 bits per heavy atom. The Balaban J connectivity index is 2.45. The molecule has 0 aliphatic heterocycles. The van der Waals surface area contributed by atoms with Gasteiger partial charge in [-0.1, -0.05) is 6.42 Å². The number of carbonyl (C=O) groups is 1. The van der Waals surface area contributed by atoms with Crippen LogP contribution in [0.25, 0.3) is 0 Å². The predicted molar refractivity (Wildman–Crippen MR) is 82.2 cm³/mol. The zero-order chi connectivity index (χ0) is 16.1. The Hall–Kier alpha value is -2.24. The number of aromatic carboxylic acids is 1. The van der Waals surface area contributed by atoms with Crippen molar-refractivity contribution in [2.75, 3.05) is 14.2 Å². The molecular formula is C16H21NO5. The fourth-order valence-electron chi connectivity index (χ4n) is 2.80. The first-order valence-corrected chi connectivity index (χ1v) is 7.36. The highest BCUT2D eigenvalue weighted by Crippen LogP contribution is 2.28. The predicted octanol–water partition coefficient (Wildman–Crippen LogP) is 2.66. The molecule has 0 spiro atoms. The van der Waals surface area contributed by atoms with E-state index in [0.29, 0.717) is 11.3 Å². The first kappa shape index (κ1) is 16.1. The molecule has 6 heteroatoms. The van der Waals surface area contributed by atoms with Crippen LogP contribution in [0, 0.1) is 5.21 Å². The van der Waals surface area contributed by atoms with Crippen molar-refractivity contribution >= 4 is 12.2 Å². The summed E-state index contributed by atoms with van der Waals surface area (Å²) in [4.78, 5) is 11.5. The Kier molecular flexibility index (Phi) is 5.25. The Labute approximate surface area is 129 Å². The fraction of sp³-hybridized carbons (Fsp3) is 0.500. The molecule has 0 amide bonds. The van der Waals surface area contributed by atoms with E-state index in [0.717, 1.165) is 36.8 Å². The van der Waals surface area contributed by atoms with E-state index in [9.17, 15) is 15.1 Å². The number of methoxy groups -OCH3 is 2. The van der Waals surface area contributed by atoms with Crippen LogP contribution in [0.15, 0.2) is 12.1 Å². The van der Waals surface area contributed by atoms with Gasteiger partial charge in [0.15, 0.2) is 12.3 Å². The third-order valence-corrected chi connectivity index (χ3v) is 3.98. The summed E-state index contributed by atoms with van der Waals surface area (Å²) >= 11 is 0. The minimum atomic E-state index is -1.14. The van der Waals surface area contributed by atoms with E-state index in [1.54, 1.807) is 6.07 Å². The van der Waals surface area contributed by atoms with Gasteiger partial charge in [0, 0.05) is 18.9 Å². The van der Waals surface area contributed by atoms with Gasteiger partial charge in [-0.2, -0.15) is 0 Å². The standard InChI is InChI=1S/C16H21NO5/c1-21-13-8-11(15(16(18)19)14(9-13)22-2)10-17(20)12-6-4-3-5-7-12/h8-10,12H,3-7H2,1-2H3,(H,18,19). The zero-order valence-corrected chi connectivity index (χ0v) is 12.9. The maximum atomic E-state index is 12.3. The van der Waals surface area contributed by atoms with Gasteiger partial charge in [0.05, 0.1) is 19.8 Å². The molecule has 1 aliphatic rings. The van der Waals surface area contributed by atoms with Crippen LogP contribution in [-0.4, -0.2) is 42.3 Å². The molecule has 1 aliphatic carbocycles. The van der Waals surface area contributed by atoms with Gasteiger partial charge in [-0.3, -0.25) is 0 Å².